The van der Waals surface area contributed by atoms with Crippen molar-refractivity contribution in [1.29, 1.82) is 0 Å². The number of rotatable bonds is 5. The number of nitrogens with one attached hydrogen (secondary N) is 1. The first kappa shape index (κ1) is 18.7. The van der Waals surface area contributed by atoms with Gasteiger partial charge >= 0.3 is 5.97 Å². The zero-order valence-electron chi connectivity index (χ0n) is 15.3. The summed E-state index contributed by atoms with van der Waals surface area (Å²) in [6.07, 6.45) is 0. The molecule has 25 heavy (non-hydrogen) atoms. The number of esters is 1. The number of hydrogen-bond donors (Lipinski definition) is 1. The predicted molar refractivity (Wildman–Crippen MR) is 98.5 cm³/mol. The first-order valence-electron chi connectivity index (χ1n) is 8.35. The predicted octanol–water partition coefficient (Wildman–Crippen LogP) is 3.77. The molecule has 0 spiro atoms. The number of ether oxygens (including phenoxy) is 1. The van der Waals surface area contributed by atoms with E-state index in [9.17, 15) is 9.59 Å². The van der Waals surface area contributed by atoms with Gasteiger partial charge in [-0.2, -0.15) is 0 Å². The summed E-state index contributed by atoms with van der Waals surface area (Å²) < 4.78 is 5.18. The molecule has 0 saturated heterocycles. The maximum absolute atomic E-state index is 12.1. The average Bonchev–Trinajstić information content (AvgIpc) is 2.57. The van der Waals surface area contributed by atoms with E-state index in [1.807, 2.05) is 43.3 Å². The quantitative estimate of drug-likeness (QED) is 0.844. The molecule has 0 bridgehead atoms. The molecular weight excluding hydrogens is 314 g/mol. The molecule has 2 rings (SSSR count). The lowest BCUT2D eigenvalue weighted by atomic mass is 9.87. The lowest BCUT2D eigenvalue weighted by molar-refractivity contribution is -0.143. The fraction of sp³-hybridized carbons (Fsp3) is 0.333. The van der Waals surface area contributed by atoms with E-state index in [0.717, 1.165) is 16.7 Å². The van der Waals surface area contributed by atoms with Crippen molar-refractivity contribution in [3.63, 3.8) is 0 Å². The third-order valence-corrected chi connectivity index (χ3v) is 3.89. The van der Waals surface area contributed by atoms with Crippen LogP contribution in [-0.4, -0.2) is 18.4 Å². The van der Waals surface area contributed by atoms with Crippen molar-refractivity contribution in [2.24, 2.45) is 0 Å². The smallest absolute Gasteiger partial charge is 0.325 e. The van der Waals surface area contributed by atoms with E-state index in [-0.39, 0.29) is 24.5 Å². The molecule has 0 saturated carbocycles. The van der Waals surface area contributed by atoms with Gasteiger partial charge in [0.15, 0.2) is 0 Å². The Morgan fingerprint density at radius 1 is 1.04 bits per heavy atom. The number of benzene rings is 2. The van der Waals surface area contributed by atoms with E-state index < -0.39 is 5.97 Å². The molecule has 0 aliphatic heterocycles. The second-order valence-electron chi connectivity index (χ2n) is 7.16. The molecule has 0 unspecified atom stereocenters. The molecule has 2 aromatic carbocycles. The normalized spacial score (nSPS) is 11.0. The van der Waals surface area contributed by atoms with Crippen LogP contribution in [0.3, 0.4) is 0 Å². The van der Waals surface area contributed by atoms with Crippen LogP contribution in [0.1, 0.15) is 47.8 Å². The first-order valence-corrected chi connectivity index (χ1v) is 8.35. The topological polar surface area (TPSA) is 55.4 Å². The molecular formula is C21H25NO3. The van der Waals surface area contributed by atoms with E-state index in [1.54, 1.807) is 12.1 Å². The van der Waals surface area contributed by atoms with E-state index in [0.29, 0.717) is 5.56 Å². The van der Waals surface area contributed by atoms with Crippen molar-refractivity contribution in [1.82, 2.24) is 5.32 Å². The standard InChI is InChI=1S/C21H25NO3/c1-15-6-5-7-16(12-15)14-25-19(23)13-22-20(24)17-8-10-18(11-9-17)21(2,3)4/h5-12H,13-14H2,1-4H3,(H,22,24). The number of carbonyl (C=O) groups excluding carboxylic acids is 2. The highest BCUT2D eigenvalue weighted by Gasteiger charge is 2.14. The Morgan fingerprint density at radius 3 is 2.32 bits per heavy atom. The van der Waals surface area contributed by atoms with E-state index >= 15 is 0 Å². The molecule has 0 aromatic heterocycles. The zero-order valence-corrected chi connectivity index (χ0v) is 15.3. The maximum Gasteiger partial charge on any atom is 0.325 e. The van der Waals surface area contributed by atoms with Crippen LogP contribution in [0.2, 0.25) is 0 Å². The monoisotopic (exact) mass is 339 g/mol. The maximum atomic E-state index is 12.1. The Hall–Kier alpha value is -2.62. The number of amides is 1. The molecule has 1 N–H and O–H groups in total. The van der Waals surface area contributed by atoms with Gasteiger partial charge in [0.1, 0.15) is 13.2 Å². The van der Waals surface area contributed by atoms with Crippen LogP contribution in [0.4, 0.5) is 0 Å². The van der Waals surface area contributed by atoms with Crippen molar-refractivity contribution in [3.8, 4) is 0 Å². The number of aryl methyl sites for hydroxylation is 1. The van der Waals surface area contributed by atoms with Gasteiger partial charge in [0.25, 0.3) is 5.91 Å². The van der Waals surface area contributed by atoms with E-state index in [1.165, 1.54) is 0 Å². The van der Waals surface area contributed by atoms with Gasteiger partial charge in [-0.1, -0.05) is 62.7 Å². The van der Waals surface area contributed by atoms with Crippen molar-refractivity contribution < 1.29 is 14.3 Å². The van der Waals surface area contributed by atoms with Crippen LogP contribution in [0, 0.1) is 6.92 Å². The molecule has 132 valence electrons. The van der Waals surface area contributed by atoms with Gasteiger partial charge in [-0.25, -0.2) is 0 Å². The third kappa shape index (κ3) is 5.75. The average molecular weight is 339 g/mol. The lowest BCUT2D eigenvalue weighted by Crippen LogP contribution is -2.30. The van der Waals surface area contributed by atoms with Crippen molar-refractivity contribution in [3.05, 3.63) is 70.8 Å². The molecule has 0 radical (unpaired) electrons. The summed E-state index contributed by atoms with van der Waals surface area (Å²) in [5, 5.41) is 2.59. The minimum Gasteiger partial charge on any atom is -0.460 e. The summed E-state index contributed by atoms with van der Waals surface area (Å²) in [6.45, 7) is 8.39. The molecule has 0 fully saturated rings. The van der Waals surface area contributed by atoms with Gasteiger partial charge in [-0.05, 0) is 35.6 Å². The van der Waals surface area contributed by atoms with E-state index in [4.69, 9.17) is 4.74 Å². The SMILES string of the molecule is Cc1cccc(COC(=O)CNC(=O)c2ccc(C(C)(C)C)cc2)c1. The van der Waals surface area contributed by atoms with Crippen molar-refractivity contribution in [2.45, 2.75) is 39.7 Å². The molecule has 4 heteroatoms. The number of carbonyl (C=O) groups is 2. The molecule has 0 aliphatic rings. The first-order chi connectivity index (χ1) is 11.8. The summed E-state index contributed by atoms with van der Waals surface area (Å²) in [6, 6.07) is 15.2. The van der Waals surface area contributed by atoms with Crippen LogP contribution < -0.4 is 5.32 Å². The van der Waals surface area contributed by atoms with Gasteiger partial charge in [-0.15, -0.1) is 0 Å². The Balaban J connectivity index is 1.82. The Morgan fingerprint density at radius 2 is 1.72 bits per heavy atom. The summed E-state index contributed by atoms with van der Waals surface area (Å²) in [4.78, 5) is 23.9. The minimum atomic E-state index is -0.457. The van der Waals surface area contributed by atoms with Gasteiger partial charge < -0.3 is 10.1 Å². The highest BCUT2D eigenvalue weighted by molar-refractivity contribution is 5.95. The highest BCUT2D eigenvalue weighted by atomic mass is 16.5. The molecule has 0 heterocycles. The van der Waals surface area contributed by atoms with Crippen LogP contribution >= 0.6 is 0 Å². The molecule has 1 amide bonds. The van der Waals surface area contributed by atoms with Crippen LogP contribution in [0.5, 0.6) is 0 Å². The zero-order chi connectivity index (χ0) is 18.4. The fourth-order valence-corrected chi connectivity index (χ4v) is 2.39. The van der Waals surface area contributed by atoms with Crippen LogP contribution in [-0.2, 0) is 21.6 Å². The second kappa shape index (κ2) is 7.97. The van der Waals surface area contributed by atoms with Gasteiger partial charge in [0.05, 0.1) is 0 Å². The molecule has 4 nitrogen and oxygen atoms in total. The summed E-state index contributed by atoms with van der Waals surface area (Å²) in [7, 11) is 0. The van der Waals surface area contributed by atoms with Gasteiger partial charge in [0.2, 0.25) is 0 Å². The lowest BCUT2D eigenvalue weighted by Gasteiger charge is -2.19. The van der Waals surface area contributed by atoms with Crippen molar-refractivity contribution in [2.75, 3.05) is 6.54 Å². The summed E-state index contributed by atoms with van der Waals surface area (Å²) in [5.41, 5.74) is 3.76. The summed E-state index contributed by atoms with van der Waals surface area (Å²) >= 11 is 0. The number of hydrogen-bond acceptors (Lipinski definition) is 3. The minimum absolute atomic E-state index is 0.0363. The molecule has 0 aliphatic carbocycles. The van der Waals surface area contributed by atoms with E-state index in [2.05, 4.69) is 26.1 Å². The Bertz CT molecular complexity index is 742. The Kier molecular flexibility index (Phi) is 5.97. The largest absolute Gasteiger partial charge is 0.460 e. The van der Waals surface area contributed by atoms with Crippen molar-refractivity contribution >= 4 is 11.9 Å². The fourth-order valence-electron chi connectivity index (χ4n) is 2.39. The third-order valence-electron chi connectivity index (χ3n) is 3.89. The Labute approximate surface area is 149 Å². The van der Waals surface area contributed by atoms with Crippen LogP contribution in [0.25, 0.3) is 0 Å². The highest BCUT2D eigenvalue weighted by Crippen LogP contribution is 2.22. The van der Waals surface area contributed by atoms with Gasteiger partial charge in [0, 0.05) is 5.56 Å². The molecule has 2 aromatic rings. The van der Waals surface area contributed by atoms with Gasteiger partial charge in [-0.3, -0.25) is 9.59 Å². The summed E-state index contributed by atoms with van der Waals surface area (Å²) in [5.74, 6) is -0.742. The second-order valence-corrected chi connectivity index (χ2v) is 7.16. The van der Waals surface area contributed by atoms with Crippen LogP contribution in [0.15, 0.2) is 48.5 Å². The molecule has 0 atom stereocenters.